The number of amides is 1. The van der Waals surface area contributed by atoms with Crippen LogP contribution >= 0.6 is 0 Å². The molecule has 31 heavy (non-hydrogen) atoms. The number of anilines is 1. The number of methoxy groups -OCH3 is 1. The van der Waals surface area contributed by atoms with Gasteiger partial charge in [0, 0.05) is 37.4 Å². The van der Waals surface area contributed by atoms with Crippen molar-refractivity contribution in [1.29, 1.82) is 0 Å². The third kappa shape index (κ3) is 6.21. The van der Waals surface area contributed by atoms with E-state index in [4.69, 9.17) is 4.74 Å². The second-order valence-electron chi connectivity index (χ2n) is 7.59. The Morgan fingerprint density at radius 3 is 2.39 bits per heavy atom. The molecule has 1 aliphatic heterocycles. The molecular formula is C23H31N3O4S. The molecule has 1 saturated heterocycles. The smallest absolute Gasteiger partial charge is 0.251 e. The van der Waals surface area contributed by atoms with Gasteiger partial charge in [0.05, 0.1) is 7.11 Å². The average molecular weight is 446 g/mol. The van der Waals surface area contributed by atoms with Crippen molar-refractivity contribution < 1.29 is 17.9 Å². The number of rotatable bonds is 9. The lowest BCUT2D eigenvalue weighted by Crippen LogP contribution is -2.32. The van der Waals surface area contributed by atoms with Gasteiger partial charge in [-0.3, -0.25) is 4.79 Å². The first-order valence-electron chi connectivity index (χ1n) is 10.8. The molecule has 2 aromatic carbocycles. The van der Waals surface area contributed by atoms with Crippen LogP contribution in [0.3, 0.4) is 0 Å². The Labute approximate surface area is 184 Å². The van der Waals surface area contributed by atoms with Gasteiger partial charge in [-0.05, 0) is 49.6 Å². The van der Waals surface area contributed by atoms with Crippen LogP contribution in [-0.2, 0) is 10.0 Å². The maximum atomic E-state index is 13.2. The summed E-state index contributed by atoms with van der Waals surface area (Å²) >= 11 is 0. The lowest BCUT2D eigenvalue weighted by Gasteiger charge is -2.21. The number of carbonyl (C=O) groups excluding carboxylic acids is 1. The Bertz CT molecular complexity index is 956. The van der Waals surface area contributed by atoms with Gasteiger partial charge in [-0.15, -0.1) is 0 Å². The van der Waals surface area contributed by atoms with E-state index >= 15 is 0 Å². The number of hydrogen-bond donors (Lipinski definition) is 2. The molecule has 0 spiro atoms. The summed E-state index contributed by atoms with van der Waals surface area (Å²) < 4.78 is 33.3. The molecular weight excluding hydrogens is 414 g/mol. The Hall–Kier alpha value is -2.58. The highest BCUT2D eigenvalue weighted by Crippen LogP contribution is 2.29. The van der Waals surface area contributed by atoms with Crippen LogP contribution in [0.4, 0.5) is 5.69 Å². The fourth-order valence-corrected chi connectivity index (χ4v) is 5.32. The molecule has 1 fully saturated rings. The van der Waals surface area contributed by atoms with Crippen LogP contribution < -0.4 is 15.4 Å². The van der Waals surface area contributed by atoms with Crippen LogP contribution in [0.5, 0.6) is 5.75 Å². The Balaban J connectivity index is 1.63. The van der Waals surface area contributed by atoms with Crippen molar-refractivity contribution in [2.24, 2.45) is 0 Å². The Morgan fingerprint density at radius 1 is 1.00 bits per heavy atom. The minimum atomic E-state index is -3.73. The fourth-order valence-electron chi connectivity index (χ4n) is 3.62. The predicted molar refractivity (Wildman–Crippen MR) is 122 cm³/mol. The van der Waals surface area contributed by atoms with Crippen LogP contribution in [0.1, 0.15) is 42.5 Å². The zero-order chi connectivity index (χ0) is 22.1. The highest BCUT2D eigenvalue weighted by atomic mass is 32.2. The van der Waals surface area contributed by atoms with Crippen LogP contribution in [0.25, 0.3) is 0 Å². The average Bonchev–Trinajstić information content (AvgIpc) is 3.09. The van der Waals surface area contributed by atoms with Gasteiger partial charge in [0.15, 0.2) is 0 Å². The highest BCUT2D eigenvalue weighted by Gasteiger charge is 2.29. The van der Waals surface area contributed by atoms with E-state index in [1.165, 1.54) is 17.5 Å². The number of nitrogens with zero attached hydrogens (tertiary/aromatic N) is 1. The molecule has 8 heteroatoms. The topological polar surface area (TPSA) is 87.7 Å². The van der Waals surface area contributed by atoms with Crippen molar-refractivity contribution >= 4 is 21.6 Å². The maximum Gasteiger partial charge on any atom is 0.251 e. The molecule has 0 aromatic heterocycles. The van der Waals surface area contributed by atoms with Gasteiger partial charge in [0.25, 0.3) is 5.91 Å². The first-order chi connectivity index (χ1) is 15.0. The van der Waals surface area contributed by atoms with Crippen LogP contribution in [0, 0.1) is 0 Å². The van der Waals surface area contributed by atoms with E-state index < -0.39 is 10.0 Å². The minimum Gasteiger partial charge on any atom is -0.495 e. The molecule has 7 nitrogen and oxygen atoms in total. The normalized spacial score (nSPS) is 15.1. The number of sulfonamides is 1. The highest BCUT2D eigenvalue weighted by molar-refractivity contribution is 7.89. The second kappa shape index (κ2) is 11.2. The molecule has 2 aromatic rings. The van der Waals surface area contributed by atoms with Crippen molar-refractivity contribution in [3.63, 3.8) is 0 Å². The monoisotopic (exact) mass is 445 g/mol. The minimum absolute atomic E-state index is 0.0512. The van der Waals surface area contributed by atoms with Gasteiger partial charge in [-0.1, -0.05) is 31.0 Å². The molecule has 1 heterocycles. The summed E-state index contributed by atoms with van der Waals surface area (Å²) in [7, 11) is -2.28. The van der Waals surface area contributed by atoms with E-state index in [1.54, 1.807) is 12.1 Å². The molecule has 3 rings (SSSR count). The maximum absolute atomic E-state index is 13.2. The van der Waals surface area contributed by atoms with Crippen LogP contribution in [0.15, 0.2) is 53.4 Å². The fraction of sp³-hybridized carbons (Fsp3) is 0.435. The molecule has 1 amide bonds. The summed E-state index contributed by atoms with van der Waals surface area (Å²) in [4.78, 5) is 12.7. The van der Waals surface area contributed by atoms with E-state index in [0.29, 0.717) is 25.2 Å². The zero-order valence-corrected chi connectivity index (χ0v) is 18.8. The van der Waals surface area contributed by atoms with E-state index in [-0.39, 0.29) is 16.6 Å². The number of carbonyl (C=O) groups is 1. The van der Waals surface area contributed by atoms with Crippen molar-refractivity contribution in [1.82, 2.24) is 9.62 Å². The Kier molecular flexibility index (Phi) is 8.31. The molecule has 0 unspecified atom stereocenters. The van der Waals surface area contributed by atoms with Crippen molar-refractivity contribution in [3.8, 4) is 5.75 Å². The molecule has 0 bridgehead atoms. The summed E-state index contributed by atoms with van der Waals surface area (Å²) in [6.45, 7) is 2.20. The van der Waals surface area contributed by atoms with Crippen LogP contribution in [-0.4, -0.2) is 51.9 Å². The van der Waals surface area contributed by atoms with Crippen LogP contribution in [0.2, 0.25) is 0 Å². The lowest BCUT2D eigenvalue weighted by molar-refractivity contribution is 0.0953. The van der Waals surface area contributed by atoms with Gasteiger partial charge >= 0.3 is 0 Å². The first-order valence-corrected chi connectivity index (χ1v) is 12.2. The van der Waals surface area contributed by atoms with E-state index in [2.05, 4.69) is 10.6 Å². The number of para-hydroxylation sites is 1. The van der Waals surface area contributed by atoms with Crippen molar-refractivity contribution in [2.75, 3.05) is 38.6 Å². The summed E-state index contributed by atoms with van der Waals surface area (Å²) in [5, 5.41) is 6.15. The SMILES string of the molecule is COc1ccc(C(=O)NCCCNc2ccccc2)cc1S(=O)(=O)N1CCCCCC1. The summed E-state index contributed by atoms with van der Waals surface area (Å²) in [6, 6.07) is 14.4. The van der Waals surface area contributed by atoms with E-state index in [0.717, 1.165) is 44.3 Å². The zero-order valence-electron chi connectivity index (χ0n) is 18.0. The van der Waals surface area contributed by atoms with Gasteiger partial charge in [-0.2, -0.15) is 4.31 Å². The number of ether oxygens (including phenoxy) is 1. The molecule has 0 radical (unpaired) electrons. The molecule has 1 aliphatic rings. The van der Waals surface area contributed by atoms with E-state index in [9.17, 15) is 13.2 Å². The Morgan fingerprint density at radius 2 is 1.71 bits per heavy atom. The summed E-state index contributed by atoms with van der Waals surface area (Å²) in [5.74, 6) is -0.0393. The summed E-state index contributed by atoms with van der Waals surface area (Å²) in [6.07, 6.45) is 4.50. The van der Waals surface area contributed by atoms with E-state index in [1.807, 2.05) is 30.3 Å². The third-order valence-electron chi connectivity index (χ3n) is 5.35. The first kappa shape index (κ1) is 23.1. The largest absolute Gasteiger partial charge is 0.495 e. The van der Waals surface area contributed by atoms with Gasteiger partial charge in [0.2, 0.25) is 10.0 Å². The van der Waals surface area contributed by atoms with Gasteiger partial charge in [0.1, 0.15) is 10.6 Å². The van der Waals surface area contributed by atoms with Gasteiger partial charge in [-0.25, -0.2) is 8.42 Å². The lowest BCUT2D eigenvalue weighted by atomic mass is 10.2. The number of nitrogens with one attached hydrogen (secondary N) is 2. The molecule has 0 atom stereocenters. The second-order valence-corrected chi connectivity index (χ2v) is 9.49. The predicted octanol–water partition coefficient (Wildman–Crippen LogP) is 3.49. The molecule has 0 aliphatic carbocycles. The van der Waals surface area contributed by atoms with Gasteiger partial charge < -0.3 is 15.4 Å². The van der Waals surface area contributed by atoms with Crippen molar-refractivity contribution in [2.45, 2.75) is 37.0 Å². The summed E-state index contributed by atoms with van der Waals surface area (Å²) in [5.41, 5.74) is 1.34. The number of benzene rings is 2. The molecule has 0 saturated carbocycles. The standard InChI is InChI=1S/C23H31N3O4S/c1-30-21-13-12-19(18-22(21)31(28,29)26-16-7-2-3-8-17-26)23(27)25-15-9-14-24-20-10-5-4-6-11-20/h4-6,10-13,18,24H,2-3,7-9,14-17H2,1H3,(H,25,27). The quantitative estimate of drug-likeness (QED) is 0.577. The number of hydrogen-bond acceptors (Lipinski definition) is 5. The molecule has 168 valence electrons. The van der Waals surface area contributed by atoms with Crippen molar-refractivity contribution in [3.05, 3.63) is 54.1 Å². The third-order valence-corrected chi connectivity index (χ3v) is 7.27. The molecule has 2 N–H and O–H groups in total.